The van der Waals surface area contributed by atoms with E-state index in [9.17, 15) is 9.59 Å². The predicted octanol–water partition coefficient (Wildman–Crippen LogP) is 3.86. The van der Waals surface area contributed by atoms with Crippen LogP contribution in [0.4, 0.5) is 0 Å². The minimum atomic E-state index is -0.979. The van der Waals surface area contributed by atoms with E-state index in [1.807, 2.05) is 55.5 Å². The molecule has 0 aliphatic carbocycles. The normalized spacial score (nSPS) is 10.8. The van der Waals surface area contributed by atoms with Crippen LogP contribution in [0.15, 0.2) is 54.7 Å². The third kappa shape index (κ3) is 2.36. The van der Waals surface area contributed by atoms with Crippen molar-refractivity contribution in [3.05, 3.63) is 66.0 Å². The highest BCUT2D eigenvalue weighted by molar-refractivity contribution is 6.83. The lowest BCUT2D eigenvalue weighted by molar-refractivity contribution is -0.108. The Balaban J connectivity index is 2.35. The van der Waals surface area contributed by atoms with Crippen molar-refractivity contribution in [3.63, 3.8) is 0 Å². The van der Waals surface area contributed by atoms with Crippen LogP contribution in [-0.2, 0) is 4.79 Å². The first-order chi connectivity index (χ1) is 10.1. The van der Waals surface area contributed by atoms with Gasteiger partial charge in [0, 0.05) is 17.3 Å². The second kappa shape index (κ2) is 5.19. The molecule has 2 heterocycles. The summed E-state index contributed by atoms with van der Waals surface area (Å²) in [7, 11) is 0. The van der Waals surface area contributed by atoms with E-state index >= 15 is 0 Å². The molecule has 21 heavy (non-hydrogen) atoms. The van der Waals surface area contributed by atoms with E-state index in [1.165, 1.54) is 0 Å². The van der Waals surface area contributed by atoms with Gasteiger partial charge in [0.2, 0.25) is 0 Å². The van der Waals surface area contributed by atoms with Crippen molar-refractivity contribution in [2.45, 2.75) is 6.92 Å². The molecule has 0 spiro atoms. The third-order valence-electron chi connectivity index (χ3n) is 3.41. The van der Waals surface area contributed by atoms with Crippen LogP contribution < -0.4 is 0 Å². The number of ketones is 1. The Bertz CT molecular complexity index is 850. The summed E-state index contributed by atoms with van der Waals surface area (Å²) in [5.74, 6) is -0.695. The summed E-state index contributed by atoms with van der Waals surface area (Å²) >= 11 is 5.41. The maximum Gasteiger partial charge on any atom is 0.294 e. The van der Waals surface area contributed by atoms with Crippen molar-refractivity contribution < 1.29 is 9.59 Å². The van der Waals surface area contributed by atoms with Gasteiger partial charge in [-0.3, -0.25) is 9.59 Å². The summed E-state index contributed by atoms with van der Waals surface area (Å²) in [6.45, 7) is 1.98. The summed E-state index contributed by atoms with van der Waals surface area (Å²) < 4.78 is 1.71. The molecule has 0 fully saturated rings. The van der Waals surface area contributed by atoms with Crippen molar-refractivity contribution in [1.29, 1.82) is 0 Å². The van der Waals surface area contributed by atoms with Gasteiger partial charge in [0.05, 0.1) is 0 Å². The van der Waals surface area contributed by atoms with Crippen molar-refractivity contribution in [3.8, 4) is 11.1 Å². The zero-order valence-electron chi connectivity index (χ0n) is 11.3. The van der Waals surface area contributed by atoms with E-state index in [-0.39, 0.29) is 0 Å². The number of pyridine rings is 1. The molecule has 0 bridgehead atoms. The SMILES string of the molecule is Cc1ccn2c(C(=O)C(=O)Cl)c(-c3ccccc3)cc2c1. The van der Waals surface area contributed by atoms with Crippen LogP contribution >= 0.6 is 11.6 Å². The molecule has 1 aromatic carbocycles. The van der Waals surface area contributed by atoms with E-state index in [2.05, 4.69) is 0 Å². The quantitative estimate of drug-likeness (QED) is 0.418. The number of fused-ring (bicyclic) bond motifs is 1. The number of rotatable bonds is 3. The van der Waals surface area contributed by atoms with E-state index in [4.69, 9.17) is 11.6 Å². The Labute approximate surface area is 126 Å². The van der Waals surface area contributed by atoms with E-state index in [0.717, 1.165) is 16.6 Å². The number of carbonyl (C=O) groups is 2. The molecule has 0 atom stereocenters. The molecule has 0 unspecified atom stereocenters. The fourth-order valence-corrected chi connectivity index (χ4v) is 2.54. The number of aromatic nitrogens is 1. The first kappa shape index (κ1) is 13.6. The molecule has 3 rings (SSSR count). The van der Waals surface area contributed by atoms with Crippen LogP contribution in [0.2, 0.25) is 0 Å². The maximum absolute atomic E-state index is 12.2. The first-order valence-electron chi connectivity index (χ1n) is 6.49. The number of aryl methyl sites for hydroxylation is 1. The van der Waals surface area contributed by atoms with Crippen LogP contribution in [0.1, 0.15) is 16.1 Å². The molecule has 0 saturated carbocycles. The third-order valence-corrected chi connectivity index (χ3v) is 3.58. The van der Waals surface area contributed by atoms with Crippen molar-refractivity contribution in [2.24, 2.45) is 0 Å². The molecular weight excluding hydrogens is 286 g/mol. The summed E-state index contributed by atoms with van der Waals surface area (Å²) in [5, 5.41) is -0.979. The number of carbonyl (C=O) groups excluding carboxylic acids is 2. The highest BCUT2D eigenvalue weighted by atomic mass is 35.5. The van der Waals surface area contributed by atoms with Gasteiger partial charge in [-0.25, -0.2) is 0 Å². The number of Topliss-reactive ketones (excluding diaryl/α,β-unsaturated/α-hetero) is 1. The number of halogens is 1. The monoisotopic (exact) mass is 297 g/mol. The van der Waals surface area contributed by atoms with Crippen LogP contribution in [0.25, 0.3) is 16.6 Å². The topological polar surface area (TPSA) is 38.5 Å². The number of hydrogen-bond acceptors (Lipinski definition) is 2. The van der Waals surface area contributed by atoms with Crippen LogP contribution in [0, 0.1) is 6.92 Å². The summed E-state index contributed by atoms with van der Waals surface area (Å²) in [6.07, 6.45) is 1.78. The fourth-order valence-electron chi connectivity index (χ4n) is 2.45. The molecule has 3 nitrogen and oxygen atoms in total. The van der Waals surface area contributed by atoms with E-state index in [0.29, 0.717) is 11.3 Å². The first-order valence-corrected chi connectivity index (χ1v) is 6.87. The Morgan fingerprint density at radius 3 is 2.43 bits per heavy atom. The van der Waals surface area contributed by atoms with Gasteiger partial charge >= 0.3 is 0 Å². The molecule has 0 N–H and O–H groups in total. The average molecular weight is 298 g/mol. The number of hydrogen-bond donors (Lipinski definition) is 0. The highest BCUT2D eigenvalue weighted by Crippen LogP contribution is 2.29. The van der Waals surface area contributed by atoms with Crippen molar-refractivity contribution >= 4 is 28.1 Å². The fraction of sp³-hybridized carbons (Fsp3) is 0.0588. The molecule has 0 saturated heterocycles. The Morgan fingerprint density at radius 1 is 1.05 bits per heavy atom. The second-order valence-corrected chi connectivity index (χ2v) is 5.22. The molecule has 4 heteroatoms. The van der Waals surface area contributed by atoms with Gasteiger partial charge in [-0.15, -0.1) is 0 Å². The van der Waals surface area contributed by atoms with E-state index in [1.54, 1.807) is 10.6 Å². The highest BCUT2D eigenvalue weighted by Gasteiger charge is 2.23. The van der Waals surface area contributed by atoms with Gasteiger partial charge in [-0.1, -0.05) is 30.3 Å². The van der Waals surface area contributed by atoms with Gasteiger partial charge in [-0.05, 0) is 47.9 Å². The molecule has 0 aliphatic heterocycles. The molecule has 0 amide bonds. The zero-order valence-corrected chi connectivity index (χ0v) is 12.1. The minimum absolute atomic E-state index is 0.302. The van der Waals surface area contributed by atoms with Crippen molar-refractivity contribution in [2.75, 3.05) is 0 Å². The smallest absolute Gasteiger partial charge is 0.294 e. The molecule has 0 aliphatic rings. The standard InChI is InChI=1S/C17H12ClNO2/c1-11-7-8-19-13(9-11)10-14(12-5-3-2-4-6-12)15(19)16(20)17(18)21/h2-10H,1H3. The van der Waals surface area contributed by atoms with Crippen molar-refractivity contribution in [1.82, 2.24) is 4.40 Å². The molecule has 3 aromatic rings. The van der Waals surface area contributed by atoms with Crippen LogP contribution in [0.5, 0.6) is 0 Å². The Morgan fingerprint density at radius 2 is 1.76 bits per heavy atom. The summed E-state index contributed by atoms with van der Waals surface area (Å²) in [4.78, 5) is 23.5. The maximum atomic E-state index is 12.2. The van der Waals surface area contributed by atoms with Gasteiger partial charge in [-0.2, -0.15) is 0 Å². The lowest BCUT2D eigenvalue weighted by Crippen LogP contribution is -2.11. The molecular formula is C17H12ClNO2. The lowest BCUT2D eigenvalue weighted by Gasteiger charge is -2.04. The van der Waals surface area contributed by atoms with Gasteiger partial charge in [0.1, 0.15) is 5.69 Å². The molecule has 104 valence electrons. The van der Waals surface area contributed by atoms with Crippen LogP contribution in [0.3, 0.4) is 0 Å². The average Bonchev–Trinajstić information content (AvgIpc) is 2.85. The van der Waals surface area contributed by atoms with E-state index < -0.39 is 11.0 Å². The number of nitrogens with zero attached hydrogens (tertiary/aromatic N) is 1. The largest absolute Gasteiger partial charge is 0.313 e. The Kier molecular flexibility index (Phi) is 3.35. The summed E-state index contributed by atoms with van der Waals surface area (Å²) in [6, 6.07) is 15.2. The summed E-state index contributed by atoms with van der Waals surface area (Å²) in [5.41, 5.74) is 3.82. The number of benzene rings is 1. The molecule has 0 radical (unpaired) electrons. The van der Waals surface area contributed by atoms with Crippen LogP contribution in [-0.4, -0.2) is 15.4 Å². The van der Waals surface area contributed by atoms with Gasteiger partial charge in [0.15, 0.2) is 0 Å². The lowest BCUT2D eigenvalue weighted by atomic mass is 10.0. The minimum Gasteiger partial charge on any atom is -0.313 e. The van der Waals surface area contributed by atoms with Gasteiger partial charge < -0.3 is 4.40 Å². The molecule has 2 aromatic heterocycles. The van der Waals surface area contributed by atoms with Gasteiger partial charge in [0.25, 0.3) is 11.0 Å². The Hall–Kier alpha value is -2.39. The predicted molar refractivity (Wildman–Crippen MR) is 82.8 cm³/mol. The second-order valence-electron chi connectivity index (χ2n) is 4.87. The zero-order chi connectivity index (χ0) is 15.0.